The lowest BCUT2D eigenvalue weighted by Gasteiger charge is -2.22. The molecule has 0 aliphatic heterocycles. The van der Waals surface area contributed by atoms with Gasteiger partial charge in [0, 0.05) is 41.4 Å². The van der Waals surface area contributed by atoms with Crippen molar-refractivity contribution in [3.63, 3.8) is 0 Å². The topological polar surface area (TPSA) is 49.9 Å². The first-order valence-electron chi connectivity index (χ1n) is 5.91. The second-order valence-electron chi connectivity index (χ2n) is 4.42. The zero-order chi connectivity index (χ0) is 13.4. The van der Waals surface area contributed by atoms with Gasteiger partial charge in [0.2, 0.25) is 11.8 Å². The number of ether oxygens (including phenoxy) is 1. The Morgan fingerprint density at radius 2 is 1.47 bits per heavy atom. The first-order chi connectivity index (χ1) is 7.91. The molecule has 5 heteroatoms. The molecule has 0 radical (unpaired) electrons. The van der Waals surface area contributed by atoms with Crippen molar-refractivity contribution in [2.45, 2.75) is 19.8 Å². The molecule has 0 heterocycles. The zero-order valence-corrected chi connectivity index (χ0v) is 11.5. The molecule has 0 aliphatic rings. The molecular formula is C12H24N2O3. The van der Waals surface area contributed by atoms with Crippen LogP contribution in [0.1, 0.15) is 19.8 Å². The van der Waals surface area contributed by atoms with Crippen LogP contribution in [0, 0.1) is 5.92 Å². The van der Waals surface area contributed by atoms with Crippen molar-refractivity contribution in [3.05, 3.63) is 0 Å². The molecule has 0 N–H and O–H groups in total. The highest BCUT2D eigenvalue weighted by atomic mass is 16.5. The Kier molecular flexibility index (Phi) is 7.54. The highest BCUT2D eigenvalue weighted by Crippen LogP contribution is 2.10. The van der Waals surface area contributed by atoms with Crippen LogP contribution in [0.25, 0.3) is 0 Å². The largest absolute Gasteiger partial charge is 0.381 e. The van der Waals surface area contributed by atoms with E-state index in [2.05, 4.69) is 0 Å². The number of hydrogen-bond acceptors (Lipinski definition) is 3. The van der Waals surface area contributed by atoms with Crippen molar-refractivity contribution in [1.29, 1.82) is 0 Å². The van der Waals surface area contributed by atoms with Gasteiger partial charge >= 0.3 is 0 Å². The first-order valence-corrected chi connectivity index (χ1v) is 5.91. The smallest absolute Gasteiger partial charge is 0.234 e. The van der Waals surface area contributed by atoms with Gasteiger partial charge < -0.3 is 14.5 Å². The molecule has 0 aromatic rings. The van der Waals surface area contributed by atoms with Gasteiger partial charge in [-0.1, -0.05) is 6.92 Å². The zero-order valence-electron chi connectivity index (χ0n) is 11.5. The lowest BCUT2D eigenvalue weighted by molar-refractivity contribution is -0.145. The van der Waals surface area contributed by atoms with Gasteiger partial charge in [-0.05, 0) is 12.8 Å². The second-order valence-corrected chi connectivity index (χ2v) is 4.42. The number of amides is 2. The summed E-state index contributed by atoms with van der Waals surface area (Å²) in [4.78, 5) is 26.7. The molecular weight excluding hydrogens is 220 g/mol. The SMILES string of the molecule is CCCOCCC(C(=O)N(C)C)C(=O)N(C)C. The maximum Gasteiger partial charge on any atom is 0.234 e. The normalized spacial score (nSPS) is 10.5. The summed E-state index contributed by atoms with van der Waals surface area (Å²) in [5, 5.41) is 0. The van der Waals surface area contributed by atoms with Gasteiger partial charge in [0.1, 0.15) is 5.92 Å². The Morgan fingerprint density at radius 3 is 1.82 bits per heavy atom. The Bertz CT molecular complexity index is 232. The minimum absolute atomic E-state index is 0.163. The van der Waals surface area contributed by atoms with Gasteiger partial charge in [-0.3, -0.25) is 9.59 Å². The van der Waals surface area contributed by atoms with Crippen molar-refractivity contribution in [1.82, 2.24) is 9.80 Å². The monoisotopic (exact) mass is 244 g/mol. The summed E-state index contributed by atoms with van der Waals surface area (Å²) in [6, 6.07) is 0. The predicted octanol–water partition coefficient (Wildman–Crippen LogP) is 0.596. The molecule has 0 rings (SSSR count). The summed E-state index contributed by atoms with van der Waals surface area (Å²) < 4.78 is 5.33. The predicted molar refractivity (Wildman–Crippen MR) is 66.6 cm³/mol. The Morgan fingerprint density at radius 1 is 1.00 bits per heavy atom. The summed E-state index contributed by atoms with van der Waals surface area (Å²) >= 11 is 0. The maximum atomic E-state index is 11.9. The first kappa shape index (κ1) is 15.9. The van der Waals surface area contributed by atoms with Crippen LogP contribution in [-0.4, -0.2) is 63.0 Å². The minimum Gasteiger partial charge on any atom is -0.381 e. The van der Waals surface area contributed by atoms with Crippen molar-refractivity contribution in [3.8, 4) is 0 Å². The van der Waals surface area contributed by atoms with E-state index in [1.165, 1.54) is 9.80 Å². The number of nitrogens with zero attached hydrogens (tertiary/aromatic N) is 2. The van der Waals surface area contributed by atoms with Crippen LogP contribution >= 0.6 is 0 Å². The number of hydrogen-bond donors (Lipinski definition) is 0. The van der Waals surface area contributed by atoms with Crippen molar-refractivity contribution in [2.75, 3.05) is 41.4 Å². The van der Waals surface area contributed by atoms with Crippen LogP contribution in [0.4, 0.5) is 0 Å². The van der Waals surface area contributed by atoms with Crippen LogP contribution in [-0.2, 0) is 14.3 Å². The van der Waals surface area contributed by atoms with E-state index in [1.807, 2.05) is 6.92 Å². The Hall–Kier alpha value is -1.10. The lowest BCUT2D eigenvalue weighted by atomic mass is 10.0. The molecule has 5 nitrogen and oxygen atoms in total. The molecule has 0 atom stereocenters. The van der Waals surface area contributed by atoms with Gasteiger partial charge in [0.25, 0.3) is 0 Å². The molecule has 2 amide bonds. The quantitative estimate of drug-likeness (QED) is 0.486. The highest BCUT2D eigenvalue weighted by molar-refractivity contribution is 5.99. The average molecular weight is 244 g/mol. The minimum atomic E-state index is -0.628. The van der Waals surface area contributed by atoms with Crippen molar-refractivity contribution >= 4 is 11.8 Å². The fourth-order valence-corrected chi connectivity index (χ4v) is 1.42. The average Bonchev–Trinajstić information content (AvgIpc) is 2.27. The van der Waals surface area contributed by atoms with Crippen LogP contribution in [0.5, 0.6) is 0 Å². The van der Waals surface area contributed by atoms with E-state index in [4.69, 9.17) is 4.74 Å². The van der Waals surface area contributed by atoms with E-state index in [-0.39, 0.29) is 11.8 Å². The fraction of sp³-hybridized carbons (Fsp3) is 0.833. The van der Waals surface area contributed by atoms with E-state index in [0.717, 1.165) is 6.42 Å². The summed E-state index contributed by atoms with van der Waals surface area (Å²) in [5.41, 5.74) is 0. The van der Waals surface area contributed by atoms with E-state index >= 15 is 0 Å². The van der Waals surface area contributed by atoms with Gasteiger partial charge in [-0.2, -0.15) is 0 Å². The number of rotatable bonds is 7. The summed E-state index contributed by atoms with van der Waals surface area (Å²) in [7, 11) is 6.63. The standard InChI is InChI=1S/C12H24N2O3/c1-6-8-17-9-7-10(11(15)13(2)3)12(16)14(4)5/h10H,6-9H2,1-5H3. The van der Waals surface area contributed by atoms with Crippen molar-refractivity contribution < 1.29 is 14.3 Å². The molecule has 0 aromatic carbocycles. The molecule has 0 saturated carbocycles. The molecule has 0 saturated heterocycles. The van der Waals surface area contributed by atoms with E-state index in [1.54, 1.807) is 28.2 Å². The van der Waals surface area contributed by atoms with Crippen LogP contribution in [0.3, 0.4) is 0 Å². The van der Waals surface area contributed by atoms with E-state index in [0.29, 0.717) is 19.6 Å². The molecule has 100 valence electrons. The highest BCUT2D eigenvalue weighted by Gasteiger charge is 2.28. The van der Waals surface area contributed by atoms with E-state index < -0.39 is 5.92 Å². The van der Waals surface area contributed by atoms with Crippen LogP contribution in [0.15, 0.2) is 0 Å². The molecule has 0 aromatic heterocycles. The lowest BCUT2D eigenvalue weighted by Crippen LogP contribution is -2.40. The molecule has 0 spiro atoms. The van der Waals surface area contributed by atoms with Crippen LogP contribution < -0.4 is 0 Å². The van der Waals surface area contributed by atoms with Gasteiger partial charge in [-0.25, -0.2) is 0 Å². The maximum absolute atomic E-state index is 11.9. The van der Waals surface area contributed by atoms with Crippen molar-refractivity contribution in [2.24, 2.45) is 5.92 Å². The van der Waals surface area contributed by atoms with E-state index in [9.17, 15) is 9.59 Å². The van der Waals surface area contributed by atoms with Gasteiger partial charge in [0.15, 0.2) is 0 Å². The summed E-state index contributed by atoms with van der Waals surface area (Å²) in [5.74, 6) is -0.954. The number of carbonyl (C=O) groups is 2. The van der Waals surface area contributed by atoms with Crippen LogP contribution in [0.2, 0.25) is 0 Å². The van der Waals surface area contributed by atoms with Gasteiger partial charge in [0.05, 0.1) is 0 Å². The number of carbonyl (C=O) groups excluding carboxylic acids is 2. The third-order valence-electron chi connectivity index (χ3n) is 2.38. The van der Waals surface area contributed by atoms with Gasteiger partial charge in [-0.15, -0.1) is 0 Å². The molecule has 0 bridgehead atoms. The molecule has 0 unspecified atom stereocenters. The Balaban J connectivity index is 4.41. The third-order valence-corrected chi connectivity index (χ3v) is 2.38. The molecule has 0 aliphatic carbocycles. The second kappa shape index (κ2) is 8.06. The fourth-order valence-electron chi connectivity index (χ4n) is 1.42. The third kappa shape index (κ3) is 5.68. The molecule has 0 fully saturated rings. The Labute approximate surface area is 104 Å². The summed E-state index contributed by atoms with van der Waals surface area (Å²) in [6.45, 7) is 3.13. The molecule has 17 heavy (non-hydrogen) atoms. The summed E-state index contributed by atoms with van der Waals surface area (Å²) in [6.07, 6.45) is 1.38.